The standard InChI is InChI=1S/C16H26N2O/c1-5-8-14(17)15(19)18-16(3,4)11-13-10-7-6-9-12(13)2/h6-7,9-10,14H,5,8,11,17H2,1-4H3,(H,18,19). The van der Waals surface area contributed by atoms with Crippen molar-refractivity contribution in [1.29, 1.82) is 0 Å². The van der Waals surface area contributed by atoms with Gasteiger partial charge in [-0.25, -0.2) is 0 Å². The van der Waals surface area contributed by atoms with E-state index >= 15 is 0 Å². The van der Waals surface area contributed by atoms with E-state index in [1.54, 1.807) is 0 Å². The summed E-state index contributed by atoms with van der Waals surface area (Å²) in [6.45, 7) is 8.20. The maximum Gasteiger partial charge on any atom is 0.237 e. The monoisotopic (exact) mass is 262 g/mol. The first kappa shape index (κ1) is 15.7. The molecule has 0 aliphatic rings. The zero-order valence-electron chi connectivity index (χ0n) is 12.5. The number of rotatable bonds is 6. The second-order valence-electron chi connectivity index (χ2n) is 5.87. The highest BCUT2D eigenvalue weighted by Crippen LogP contribution is 2.16. The minimum Gasteiger partial charge on any atom is -0.350 e. The zero-order valence-corrected chi connectivity index (χ0v) is 12.5. The Morgan fingerprint density at radius 1 is 1.37 bits per heavy atom. The van der Waals surface area contributed by atoms with Crippen LogP contribution in [0.1, 0.15) is 44.7 Å². The first-order valence-electron chi connectivity index (χ1n) is 6.98. The van der Waals surface area contributed by atoms with Crippen LogP contribution >= 0.6 is 0 Å². The van der Waals surface area contributed by atoms with Gasteiger partial charge in [0.15, 0.2) is 0 Å². The van der Waals surface area contributed by atoms with Crippen LogP contribution in [-0.2, 0) is 11.2 Å². The van der Waals surface area contributed by atoms with Gasteiger partial charge in [-0.1, -0.05) is 37.6 Å². The van der Waals surface area contributed by atoms with E-state index in [0.29, 0.717) is 0 Å². The van der Waals surface area contributed by atoms with Crippen LogP contribution in [0, 0.1) is 6.92 Å². The van der Waals surface area contributed by atoms with Crippen LogP contribution in [0.3, 0.4) is 0 Å². The Hall–Kier alpha value is -1.35. The number of nitrogens with two attached hydrogens (primary N) is 1. The Morgan fingerprint density at radius 2 is 2.00 bits per heavy atom. The Labute approximate surface area is 116 Å². The Morgan fingerprint density at radius 3 is 2.58 bits per heavy atom. The number of carbonyl (C=O) groups is 1. The SMILES string of the molecule is CCCC(N)C(=O)NC(C)(C)Cc1ccccc1C. The molecule has 1 atom stereocenters. The number of carbonyl (C=O) groups excluding carboxylic acids is 1. The minimum absolute atomic E-state index is 0.0552. The molecule has 0 bridgehead atoms. The average molecular weight is 262 g/mol. The summed E-state index contributed by atoms with van der Waals surface area (Å²) in [5.74, 6) is -0.0552. The highest BCUT2D eigenvalue weighted by molar-refractivity contribution is 5.82. The van der Waals surface area contributed by atoms with E-state index < -0.39 is 6.04 Å². The Balaban J connectivity index is 2.66. The minimum atomic E-state index is -0.402. The smallest absolute Gasteiger partial charge is 0.237 e. The average Bonchev–Trinajstić information content (AvgIpc) is 2.31. The summed E-state index contributed by atoms with van der Waals surface area (Å²) in [6.07, 6.45) is 2.46. The summed E-state index contributed by atoms with van der Waals surface area (Å²) in [7, 11) is 0. The number of hydrogen-bond donors (Lipinski definition) is 2. The zero-order chi connectivity index (χ0) is 14.5. The molecule has 0 radical (unpaired) electrons. The quantitative estimate of drug-likeness (QED) is 0.828. The van der Waals surface area contributed by atoms with Crippen molar-refractivity contribution in [2.45, 2.75) is 58.5 Å². The van der Waals surface area contributed by atoms with Gasteiger partial charge in [-0.2, -0.15) is 0 Å². The second-order valence-corrected chi connectivity index (χ2v) is 5.87. The van der Waals surface area contributed by atoms with E-state index in [1.807, 2.05) is 32.9 Å². The van der Waals surface area contributed by atoms with Gasteiger partial charge in [0.25, 0.3) is 0 Å². The molecule has 1 aromatic rings. The van der Waals surface area contributed by atoms with Gasteiger partial charge >= 0.3 is 0 Å². The summed E-state index contributed by atoms with van der Waals surface area (Å²) in [5, 5.41) is 3.05. The van der Waals surface area contributed by atoms with Crippen LogP contribution in [0.5, 0.6) is 0 Å². The normalized spacial score (nSPS) is 13.1. The third-order valence-electron chi connectivity index (χ3n) is 3.29. The van der Waals surface area contributed by atoms with E-state index in [9.17, 15) is 4.79 Å². The molecule has 19 heavy (non-hydrogen) atoms. The molecule has 1 aromatic carbocycles. The molecule has 3 heteroatoms. The highest BCUT2D eigenvalue weighted by atomic mass is 16.2. The topological polar surface area (TPSA) is 55.1 Å². The molecule has 1 amide bonds. The van der Waals surface area contributed by atoms with Gasteiger partial charge in [-0.15, -0.1) is 0 Å². The third-order valence-corrected chi connectivity index (χ3v) is 3.29. The number of nitrogens with one attached hydrogen (secondary N) is 1. The molecule has 0 spiro atoms. The fourth-order valence-electron chi connectivity index (χ4n) is 2.20. The Kier molecular flexibility index (Phi) is 5.55. The van der Waals surface area contributed by atoms with Crippen LogP contribution in [0.15, 0.2) is 24.3 Å². The fraction of sp³-hybridized carbons (Fsp3) is 0.562. The van der Waals surface area contributed by atoms with Gasteiger partial charge in [0, 0.05) is 5.54 Å². The van der Waals surface area contributed by atoms with Gasteiger partial charge in [-0.3, -0.25) is 4.79 Å². The van der Waals surface area contributed by atoms with Crippen molar-refractivity contribution >= 4 is 5.91 Å². The van der Waals surface area contributed by atoms with Crippen molar-refractivity contribution in [3.8, 4) is 0 Å². The predicted octanol–water partition coefficient (Wildman–Crippen LogP) is 2.56. The van der Waals surface area contributed by atoms with E-state index in [0.717, 1.165) is 19.3 Å². The van der Waals surface area contributed by atoms with Gasteiger partial charge in [0.1, 0.15) is 0 Å². The van der Waals surface area contributed by atoms with Gasteiger partial charge in [0.05, 0.1) is 6.04 Å². The molecular formula is C16H26N2O. The number of aryl methyl sites for hydroxylation is 1. The number of amides is 1. The van der Waals surface area contributed by atoms with Crippen LogP contribution in [0.4, 0.5) is 0 Å². The molecule has 0 aliphatic carbocycles. The summed E-state index contributed by atoms with van der Waals surface area (Å²) >= 11 is 0. The van der Waals surface area contributed by atoms with Crippen molar-refractivity contribution in [1.82, 2.24) is 5.32 Å². The molecular weight excluding hydrogens is 236 g/mol. The third kappa shape index (κ3) is 5.03. The maximum absolute atomic E-state index is 12.0. The second kappa shape index (κ2) is 6.71. The molecule has 0 aliphatic heterocycles. The van der Waals surface area contributed by atoms with Crippen LogP contribution < -0.4 is 11.1 Å². The Bertz CT molecular complexity index is 427. The first-order valence-corrected chi connectivity index (χ1v) is 6.98. The lowest BCUT2D eigenvalue weighted by atomic mass is 9.92. The molecule has 3 N–H and O–H groups in total. The molecule has 0 heterocycles. The molecule has 0 fully saturated rings. The number of hydrogen-bond acceptors (Lipinski definition) is 2. The number of benzene rings is 1. The van der Waals surface area contributed by atoms with E-state index in [-0.39, 0.29) is 11.4 Å². The van der Waals surface area contributed by atoms with E-state index in [4.69, 9.17) is 5.73 Å². The molecule has 106 valence electrons. The van der Waals surface area contributed by atoms with E-state index in [1.165, 1.54) is 11.1 Å². The fourth-order valence-corrected chi connectivity index (χ4v) is 2.20. The molecule has 0 aromatic heterocycles. The molecule has 0 saturated carbocycles. The summed E-state index contributed by atoms with van der Waals surface area (Å²) < 4.78 is 0. The molecule has 1 rings (SSSR count). The molecule has 3 nitrogen and oxygen atoms in total. The van der Waals surface area contributed by atoms with Crippen molar-refractivity contribution < 1.29 is 4.79 Å². The van der Waals surface area contributed by atoms with Crippen LogP contribution in [-0.4, -0.2) is 17.5 Å². The summed E-state index contributed by atoms with van der Waals surface area (Å²) in [5.41, 5.74) is 8.08. The molecule has 1 unspecified atom stereocenters. The van der Waals surface area contributed by atoms with Crippen LogP contribution in [0.25, 0.3) is 0 Å². The van der Waals surface area contributed by atoms with Crippen molar-refractivity contribution in [3.05, 3.63) is 35.4 Å². The van der Waals surface area contributed by atoms with Crippen molar-refractivity contribution in [2.75, 3.05) is 0 Å². The van der Waals surface area contributed by atoms with E-state index in [2.05, 4.69) is 24.4 Å². The summed E-state index contributed by atoms with van der Waals surface area (Å²) in [6, 6.07) is 7.86. The molecule has 0 saturated heterocycles. The first-order chi connectivity index (χ1) is 8.85. The predicted molar refractivity (Wildman–Crippen MR) is 80.0 cm³/mol. The maximum atomic E-state index is 12.0. The lowest BCUT2D eigenvalue weighted by Gasteiger charge is -2.28. The van der Waals surface area contributed by atoms with Crippen molar-refractivity contribution in [2.24, 2.45) is 5.73 Å². The van der Waals surface area contributed by atoms with Crippen LogP contribution in [0.2, 0.25) is 0 Å². The summed E-state index contributed by atoms with van der Waals surface area (Å²) in [4.78, 5) is 12.0. The van der Waals surface area contributed by atoms with Gasteiger partial charge in [-0.05, 0) is 44.7 Å². The lowest BCUT2D eigenvalue weighted by Crippen LogP contribution is -2.51. The lowest BCUT2D eigenvalue weighted by molar-refractivity contribution is -0.124. The van der Waals surface area contributed by atoms with Gasteiger partial charge in [0.2, 0.25) is 5.91 Å². The van der Waals surface area contributed by atoms with Crippen molar-refractivity contribution in [3.63, 3.8) is 0 Å². The highest BCUT2D eigenvalue weighted by Gasteiger charge is 2.24. The largest absolute Gasteiger partial charge is 0.350 e. The van der Waals surface area contributed by atoms with Gasteiger partial charge < -0.3 is 11.1 Å².